The highest BCUT2D eigenvalue weighted by Crippen LogP contribution is 2.38. The average molecular weight is 348 g/mol. The molecule has 2 rings (SSSR count). The number of thioether (sulfide) groups is 1. The van der Waals surface area contributed by atoms with Crippen molar-refractivity contribution < 1.29 is 9.18 Å². The number of nitrogens with two attached hydrogens (primary N) is 1. The van der Waals surface area contributed by atoms with E-state index in [1.165, 1.54) is 10.9 Å². The largest absolute Gasteiger partial charge is 0.387 e. The number of anilines is 1. The van der Waals surface area contributed by atoms with Crippen molar-refractivity contribution in [2.45, 2.75) is 10.6 Å². The Bertz CT molecular complexity index is 567. The molecule has 0 radical (unpaired) electrons. The zero-order valence-electron chi connectivity index (χ0n) is 11.2. The van der Waals surface area contributed by atoms with Gasteiger partial charge in [0.05, 0.1) is 9.92 Å². The van der Waals surface area contributed by atoms with Gasteiger partial charge in [-0.1, -0.05) is 17.7 Å². The van der Waals surface area contributed by atoms with Gasteiger partial charge >= 0.3 is 0 Å². The van der Waals surface area contributed by atoms with Gasteiger partial charge in [-0.2, -0.15) is 0 Å². The van der Waals surface area contributed by atoms with Crippen LogP contribution < -0.4 is 16.6 Å². The lowest BCUT2D eigenvalue weighted by atomic mass is 10.3. The van der Waals surface area contributed by atoms with Gasteiger partial charge in [0, 0.05) is 23.4 Å². The molecular weight excluding hydrogens is 333 g/mol. The zero-order valence-corrected chi connectivity index (χ0v) is 13.6. The average Bonchev–Trinajstić information content (AvgIpc) is 3.02. The number of thiophene rings is 1. The van der Waals surface area contributed by atoms with Crippen molar-refractivity contribution in [1.29, 1.82) is 0 Å². The van der Waals surface area contributed by atoms with Crippen LogP contribution in [0.25, 0.3) is 0 Å². The first kappa shape index (κ1) is 17.8. The van der Waals surface area contributed by atoms with E-state index in [-0.39, 0.29) is 10.8 Å². The Morgan fingerprint density at radius 2 is 2.19 bits per heavy atom. The number of nitrogens with one attached hydrogen (secondary N) is 2. The summed E-state index contributed by atoms with van der Waals surface area (Å²) in [6.07, 6.45) is 0.403. The maximum atomic E-state index is 13.4. The first-order valence-electron chi connectivity index (χ1n) is 5.84. The Balaban J connectivity index is 0.000000491. The minimum absolute atomic E-state index is 0.193. The molecule has 21 heavy (non-hydrogen) atoms. The van der Waals surface area contributed by atoms with Crippen molar-refractivity contribution in [1.82, 2.24) is 5.43 Å². The predicted octanol–water partition coefficient (Wildman–Crippen LogP) is 3.48. The molecule has 0 aliphatic rings. The molecule has 114 valence electrons. The predicted molar refractivity (Wildman–Crippen MR) is 88.2 cm³/mol. The summed E-state index contributed by atoms with van der Waals surface area (Å²) >= 11 is 9.22. The summed E-state index contributed by atoms with van der Waals surface area (Å²) in [7, 11) is 1.80. The molecule has 0 bridgehead atoms. The van der Waals surface area contributed by atoms with Crippen LogP contribution in [0.1, 0.15) is 4.88 Å². The van der Waals surface area contributed by atoms with Gasteiger partial charge in [0.15, 0.2) is 0 Å². The first-order chi connectivity index (χ1) is 10.1. The monoisotopic (exact) mass is 347 g/mol. The summed E-state index contributed by atoms with van der Waals surface area (Å²) in [5.74, 6) is 4.84. The third-order valence-corrected chi connectivity index (χ3v) is 5.03. The van der Waals surface area contributed by atoms with Crippen LogP contribution in [0.15, 0.2) is 34.5 Å². The number of hydrogen-bond donors (Lipinski definition) is 3. The third-order valence-electron chi connectivity index (χ3n) is 2.33. The van der Waals surface area contributed by atoms with Crippen LogP contribution in [0, 0.1) is 5.82 Å². The molecule has 1 aromatic carbocycles. The lowest BCUT2D eigenvalue weighted by molar-refractivity contribution is -0.109. The van der Waals surface area contributed by atoms with E-state index in [0.29, 0.717) is 6.41 Å². The summed E-state index contributed by atoms with van der Waals surface area (Å²) in [5, 5.41) is 5.25. The van der Waals surface area contributed by atoms with E-state index >= 15 is 0 Å². The van der Waals surface area contributed by atoms with Gasteiger partial charge < -0.3 is 5.32 Å². The van der Waals surface area contributed by atoms with E-state index in [4.69, 9.17) is 16.4 Å². The maximum Gasteiger partial charge on any atom is 0.221 e. The first-order valence-corrected chi connectivity index (χ1v) is 8.09. The van der Waals surface area contributed by atoms with Gasteiger partial charge in [-0.05, 0) is 23.6 Å². The number of benzene rings is 1. The summed E-state index contributed by atoms with van der Waals surface area (Å²) in [5.41, 5.74) is 2.61. The highest BCUT2D eigenvalue weighted by atomic mass is 35.5. The smallest absolute Gasteiger partial charge is 0.221 e. The minimum Gasteiger partial charge on any atom is -0.387 e. The summed E-state index contributed by atoms with van der Waals surface area (Å²) in [6, 6.07) is 7.15. The molecule has 0 atom stereocenters. The van der Waals surface area contributed by atoms with Gasteiger partial charge in [-0.25, -0.2) is 10.2 Å². The van der Waals surface area contributed by atoms with Crippen LogP contribution in [0.3, 0.4) is 0 Å². The van der Waals surface area contributed by atoms with E-state index < -0.39 is 0 Å². The van der Waals surface area contributed by atoms with Gasteiger partial charge in [-0.15, -0.1) is 23.1 Å². The molecule has 4 N–H and O–H groups in total. The van der Waals surface area contributed by atoms with Crippen LogP contribution >= 0.6 is 34.7 Å². The van der Waals surface area contributed by atoms with Crippen molar-refractivity contribution in [3.63, 3.8) is 0 Å². The second-order valence-electron chi connectivity index (χ2n) is 3.64. The van der Waals surface area contributed by atoms with Crippen molar-refractivity contribution in [2.24, 2.45) is 5.84 Å². The number of hydrazine groups is 1. The second kappa shape index (κ2) is 9.62. The highest BCUT2D eigenvalue weighted by Gasteiger charge is 2.12. The van der Waals surface area contributed by atoms with Crippen LogP contribution in [0.5, 0.6) is 0 Å². The molecular formula is C13H15ClFN3OS2. The molecule has 4 nitrogen and oxygen atoms in total. The van der Waals surface area contributed by atoms with Crippen LogP contribution in [-0.2, 0) is 10.5 Å². The SMILES string of the molecule is CNc1ccc(F)c(Cl)c1SCc1cccs1.NNC=O. The van der Waals surface area contributed by atoms with E-state index in [1.54, 1.807) is 41.6 Å². The molecule has 0 aliphatic carbocycles. The van der Waals surface area contributed by atoms with Gasteiger partial charge in [0.2, 0.25) is 6.41 Å². The fourth-order valence-electron chi connectivity index (χ4n) is 1.41. The van der Waals surface area contributed by atoms with E-state index in [9.17, 15) is 4.39 Å². The second-order valence-corrected chi connectivity index (χ2v) is 6.04. The van der Waals surface area contributed by atoms with Gasteiger partial charge in [0.1, 0.15) is 5.82 Å². The third kappa shape index (κ3) is 5.55. The van der Waals surface area contributed by atoms with Crippen LogP contribution in [0.2, 0.25) is 5.02 Å². The molecule has 0 unspecified atom stereocenters. The molecule has 1 aromatic heterocycles. The lowest BCUT2D eigenvalue weighted by Gasteiger charge is -2.10. The summed E-state index contributed by atoms with van der Waals surface area (Å²) in [6.45, 7) is 0. The Morgan fingerprint density at radius 1 is 1.48 bits per heavy atom. The number of rotatable bonds is 5. The number of halogens is 2. The molecule has 0 saturated carbocycles. The van der Waals surface area contributed by atoms with Crippen molar-refractivity contribution in [3.05, 3.63) is 45.4 Å². The molecule has 0 saturated heterocycles. The fourth-order valence-corrected chi connectivity index (χ4v) is 3.61. The molecule has 0 fully saturated rings. The summed E-state index contributed by atoms with van der Waals surface area (Å²) in [4.78, 5) is 11.0. The summed E-state index contributed by atoms with van der Waals surface area (Å²) < 4.78 is 13.4. The van der Waals surface area contributed by atoms with E-state index in [1.807, 2.05) is 11.4 Å². The molecule has 1 heterocycles. The van der Waals surface area contributed by atoms with E-state index in [0.717, 1.165) is 16.3 Å². The number of carbonyl (C=O) groups is 1. The normalized spacial score (nSPS) is 9.52. The minimum atomic E-state index is -0.376. The van der Waals surface area contributed by atoms with Crippen LogP contribution in [0.4, 0.5) is 10.1 Å². The molecule has 0 aliphatic heterocycles. The molecule has 1 amide bonds. The fraction of sp³-hybridized carbons (Fsp3) is 0.154. The standard InChI is InChI=1S/C12H11ClFNS2.CH4N2O/c1-15-10-5-4-9(14)11(13)12(10)17-7-8-3-2-6-16-8;2-3-1-4/h2-6,15H,7H2,1H3;1H,2H2,(H,3,4). The maximum absolute atomic E-state index is 13.4. The topological polar surface area (TPSA) is 67.2 Å². The lowest BCUT2D eigenvalue weighted by Crippen LogP contribution is -2.18. The Labute approximate surface area is 135 Å². The number of carbonyl (C=O) groups excluding carboxylic acids is 1. The Hall–Kier alpha value is -1.28. The van der Waals surface area contributed by atoms with Crippen molar-refractivity contribution in [2.75, 3.05) is 12.4 Å². The van der Waals surface area contributed by atoms with Gasteiger partial charge in [0.25, 0.3) is 0 Å². The van der Waals surface area contributed by atoms with Gasteiger partial charge in [-0.3, -0.25) is 10.2 Å². The van der Waals surface area contributed by atoms with Crippen LogP contribution in [-0.4, -0.2) is 13.5 Å². The number of hydrogen-bond acceptors (Lipinski definition) is 5. The molecule has 2 aromatic rings. The molecule has 8 heteroatoms. The highest BCUT2D eigenvalue weighted by molar-refractivity contribution is 7.99. The molecule has 0 spiro atoms. The Morgan fingerprint density at radius 3 is 2.71 bits per heavy atom. The Kier molecular flexibility index (Phi) is 8.14. The quantitative estimate of drug-likeness (QED) is 0.255. The number of amides is 1. The van der Waals surface area contributed by atoms with Crippen molar-refractivity contribution >= 4 is 46.8 Å². The van der Waals surface area contributed by atoms with Crippen molar-refractivity contribution in [3.8, 4) is 0 Å². The van der Waals surface area contributed by atoms with E-state index in [2.05, 4.69) is 17.2 Å². The zero-order chi connectivity index (χ0) is 15.7.